The maximum Gasteiger partial charge on any atom is 0.203 e. The van der Waals surface area contributed by atoms with Gasteiger partial charge in [-0.3, -0.25) is 4.79 Å². The van der Waals surface area contributed by atoms with E-state index in [-0.39, 0.29) is 23.9 Å². The summed E-state index contributed by atoms with van der Waals surface area (Å²) in [5.74, 6) is 0.126. The molecule has 1 aliphatic heterocycles. The minimum absolute atomic E-state index is 0.0266. The Bertz CT molecular complexity index is 824. The normalized spacial score (nSPS) is 20.8. The molecular weight excluding hydrogens is 380 g/mol. The Balaban J connectivity index is 1.97. The molecule has 0 bridgehead atoms. The third-order valence-electron chi connectivity index (χ3n) is 4.56. The molecule has 0 aromatic heterocycles. The summed E-state index contributed by atoms with van der Waals surface area (Å²) >= 11 is 3.42. The van der Waals surface area contributed by atoms with E-state index in [0.717, 1.165) is 15.6 Å². The van der Waals surface area contributed by atoms with Crippen molar-refractivity contribution in [2.75, 3.05) is 0 Å². The van der Waals surface area contributed by atoms with E-state index in [2.05, 4.69) is 15.9 Å². The molecule has 25 heavy (non-hydrogen) atoms. The average Bonchev–Trinajstić information content (AvgIpc) is 2.90. The fourth-order valence-electron chi connectivity index (χ4n) is 3.17. The zero-order valence-electron chi connectivity index (χ0n) is 14.2. The average molecular weight is 399 g/mol. The number of hydrogen-bond donors (Lipinski definition) is 0. The van der Waals surface area contributed by atoms with Gasteiger partial charge in [0.15, 0.2) is 5.60 Å². The lowest BCUT2D eigenvalue weighted by Gasteiger charge is -2.33. The van der Waals surface area contributed by atoms with E-state index in [1.165, 1.54) is 0 Å². The highest BCUT2D eigenvalue weighted by Gasteiger charge is 2.48. The van der Waals surface area contributed by atoms with Crippen LogP contribution in [0, 0.1) is 0 Å². The Morgan fingerprint density at radius 2 is 1.76 bits per heavy atom. The standard InChI is InChI=1S/C21H19BrO3/c1-14(23)12-18(15-8-10-17(22)11-9-15)21(2)20(24)13-19(25-21)16-6-4-3-5-7-16/h3-11,13,18H,12H2,1-2H3/t18-,21-/m0/s1. The Labute approximate surface area is 155 Å². The van der Waals surface area contributed by atoms with Crippen LogP contribution in [0.25, 0.3) is 5.76 Å². The molecule has 0 aliphatic carbocycles. The van der Waals surface area contributed by atoms with Crippen LogP contribution in [0.15, 0.2) is 65.1 Å². The van der Waals surface area contributed by atoms with Crippen molar-refractivity contribution in [3.63, 3.8) is 0 Å². The highest BCUT2D eigenvalue weighted by Crippen LogP contribution is 2.43. The fraction of sp³-hybridized carbons (Fsp3) is 0.238. The first-order chi connectivity index (χ1) is 11.9. The zero-order valence-corrected chi connectivity index (χ0v) is 15.7. The summed E-state index contributed by atoms with van der Waals surface area (Å²) in [6.07, 6.45) is 1.79. The SMILES string of the molecule is CC(=O)C[C@@H](c1ccc(Br)cc1)[C@]1(C)OC(c2ccccc2)=CC1=O. The second kappa shape index (κ2) is 6.96. The first-order valence-corrected chi connectivity index (χ1v) is 8.95. The number of ether oxygens (including phenoxy) is 1. The summed E-state index contributed by atoms with van der Waals surface area (Å²) in [7, 11) is 0. The Hall–Kier alpha value is -2.20. The molecule has 0 unspecified atom stereocenters. The van der Waals surface area contributed by atoms with Crippen LogP contribution in [-0.2, 0) is 14.3 Å². The molecule has 0 radical (unpaired) electrons. The highest BCUT2D eigenvalue weighted by atomic mass is 79.9. The second-order valence-corrected chi connectivity index (χ2v) is 7.37. The largest absolute Gasteiger partial charge is 0.478 e. The van der Waals surface area contributed by atoms with Crippen LogP contribution in [0.2, 0.25) is 0 Å². The highest BCUT2D eigenvalue weighted by molar-refractivity contribution is 9.10. The van der Waals surface area contributed by atoms with Gasteiger partial charge in [-0.25, -0.2) is 0 Å². The van der Waals surface area contributed by atoms with Gasteiger partial charge in [-0.2, -0.15) is 0 Å². The monoisotopic (exact) mass is 398 g/mol. The summed E-state index contributed by atoms with van der Waals surface area (Å²) in [5.41, 5.74) is 0.680. The summed E-state index contributed by atoms with van der Waals surface area (Å²) in [4.78, 5) is 24.7. The zero-order chi connectivity index (χ0) is 18.0. The van der Waals surface area contributed by atoms with Gasteiger partial charge in [0.1, 0.15) is 11.5 Å². The van der Waals surface area contributed by atoms with Crippen LogP contribution in [-0.4, -0.2) is 17.2 Å². The maximum atomic E-state index is 12.8. The van der Waals surface area contributed by atoms with Gasteiger partial charge in [0.2, 0.25) is 5.78 Å². The Kier molecular flexibility index (Phi) is 4.91. The number of benzene rings is 2. The lowest BCUT2D eigenvalue weighted by molar-refractivity contribution is -0.130. The van der Waals surface area contributed by atoms with Crippen LogP contribution >= 0.6 is 15.9 Å². The number of carbonyl (C=O) groups is 2. The van der Waals surface area contributed by atoms with Crippen LogP contribution in [0.5, 0.6) is 0 Å². The molecule has 0 N–H and O–H groups in total. The van der Waals surface area contributed by atoms with Crippen molar-refractivity contribution in [2.45, 2.75) is 31.8 Å². The van der Waals surface area contributed by atoms with Crippen molar-refractivity contribution in [1.29, 1.82) is 0 Å². The molecule has 0 fully saturated rings. The minimum Gasteiger partial charge on any atom is -0.478 e. The molecule has 2 atom stereocenters. The van der Waals surface area contributed by atoms with Gasteiger partial charge in [0.05, 0.1) is 0 Å². The van der Waals surface area contributed by atoms with Gasteiger partial charge in [0, 0.05) is 28.5 Å². The van der Waals surface area contributed by atoms with Crippen LogP contribution in [0.3, 0.4) is 0 Å². The third-order valence-corrected chi connectivity index (χ3v) is 5.09. The smallest absolute Gasteiger partial charge is 0.203 e. The molecule has 1 aliphatic rings. The number of rotatable bonds is 5. The van der Waals surface area contributed by atoms with E-state index in [1.807, 2.05) is 54.6 Å². The first kappa shape index (κ1) is 17.6. The number of Topliss-reactive ketones (excluding diaryl/α,β-unsaturated/α-hetero) is 1. The molecule has 128 valence electrons. The molecule has 2 aromatic carbocycles. The Morgan fingerprint density at radius 3 is 2.36 bits per heavy atom. The summed E-state index contributed by atoms with van der Waals surface area (Å²) in [6, 6.07) is 17.2. The number of ketones is 2. The van der Waals surface area contributed by atoms with Crippen LogP contribution in [0.4, 0.5) is 0 Å². The van der Waals surface area contributed by atoms with Crippen molar-refractivity contribution in [2.24, 2.45) is 0 Å². The number of halogens is 1. The van der Waals surface area contributed by atoms with Crippen LogP contribution < -0.4 is 0 Å². The second-order valence-electron chi connectivity index (χ2n) is 6.46. The summed E-state index contributed by atoms with van der Waals surface area (Å²) in [6.45, 7) is 3.32. The van der Waals surface area contributed by atoms with Gasteiger partial charge >= 0.3 is 0 Å². The molecule has 0 amide bonds. The number of carbonyl (C=O) groups excluding carboxylic acids is 2. The van der Waals surface area contributed by atoms with Crippen molar-refractivity contribution < 1.29 is 14.3 Å². The van der Waals surface area contributed by atoms with Crippen LogP contribution in [0.1, 0.15) is 37.3 Å². The minimum atomic E-state index is -1.09. The van der Waals surface area contributed by atoms with Crippen molar-refractivity contribution in [1.82, 2.24) is 0 Å². The molecule has 2 aromatic rings. The van der Waals surface area contributed by atoms with Gasteiger partial charge in [-0.1, -0.05) is 58.4 Å². The van der Waals surface area contributed by atoms with E-state index >= 15 is 0 Å². The van der Waals surface area contributed by atoms with Crippen molar-refractivity contribution in [3.05, 3.63) is 76.3 Å². The predicted molar refractivity (Wildman–Crippen MR) is 101 cm³/mol. The molecular formula is C21H19BrO3. The quantitative estimate of drug-likeness (QED) is 0.718. The predicted octanol–water partition coefficient (Wildman–Crippen LogP) is 4.91. The molecule has 0 saturated heterocycles. The molecule has 3 nitrogen and oxygen atoms in total. The molecule has 4 heteroatoms. The number of hydrogen-bond acceptors (Lipinski definition) is 3. The van der Waals surface area contributed by atoms with Gasteiger partial charge < -0.3 is 9.53 Å². The van der Waals surface area contributed by atoms with Gasteiger partial charge in [-0.15, -0.1) is 0 Å². The molecule has 0 saturated carbocycles. The molecule has 1 heterocycles. The van der Waals surface area contributed by atoms with E-state index in [9.17, 15) is 9.59 Å². The van der Waals surface area contributed by atoms with Crippen molar-refractivity contribution >= 4 is 33.3 Å². The molecule has 3 rings (SSSR count). The summed E-state index contributed by atoms with van der Waals surface area (Å²) < 4.78 is 7.09. The van der Waals surface area contributed by atoms with Gasteiger partial charge in [0.25, 0.3) is 0 Å². The van der Waals surface area contributed by atoms with Gasteiger partial charge in [-0.05, 0) is 31.5 Å². The van der Waals surface area contributed by atoms with E-state index in [0.29, 0.717) is 5.76 Å². The van der Waals surface area contributed by atoms with E-state index < -0.39 is 5.60 Å². The lowest BCUT2D eigenvalue weighted by atomic mass is 9.78. The molecule has 0 spiro atoms. The lowest BCUT2D eigenvalue weighted by Crippen LogP contribution is -2.40. The van der Waals surface area contributed by atoms with E-state index in [4.69, 9.17) is 4.74 Å². The fourth-order valence-corrected chi connectivity index (χ4v) is 3.44. The van der Waals surface area contributed by atoms with E-state index in [1.54, 1.807) is 19.9 Å². The summed E-state index contributed by atoms with van der Waals surface area (Å²) in [5, 5.41) is 0. The Morgan fingerprint density at radius 1 is 1.12 bits per heavy atom. The van der Waals surface area contributed by atoms with Crippen molar-refractivity contribution in [3.8, 4) is 0 Å². The maximum absolute atomic E-state index is 12.8. The first-order valence-electron chi connectivity index (χ1n) is 8.15. The third kappa shape index (κ3) is 3.59. The topological polar surface area (TPSA) is 43.4 Å².